The van der Waals surface area contributed by atoms with Gasteiger partial charge in [0.2, 0.25) is 17.7 Å². The maximum absolute atomic E-state index is 13.4. The Morgan fingerprint density at radius 1 is 0.942 bits per heavy atom. The standard InChI is InChI=1S/C39H47N7O6/c1-44-22-30(29-21-40-43-37(29)39(44)50)27-19-33(51-2)31(34(20-27)52-3)23-45-14-10-24(11-15-45)18-36(48)46-16-12-26(13-17-46)25-4-6-28(7-5-25)41-32-8-9-35(47)42-38(32)49/h4-7,19-22,24,26,32,41H,8-18,23H2,1-3H3,(H,40,43)(H,42,47,49). The number of likely N-dealkylation sites (tertiary alicyclic amines) is 2. The van der Waals surface area contributed by atoms with E-state index in [-0.39, 0.29) is 23.3 Å². The number of rotatable bonds is 10. The molecule has 4 aromatic rings. The van der Waals surface area contributed by atoms with Crippen LogP contribution in [0.25, 0.3) is 22.0 Å². The zero-order valence-electron chi connectivity index (χ0n) is 30.1. The molecule has 7 rings (SSSR count). The summed E-state index contributed by atoms with van der Waals surface area (Å²) in [6.07, 6.45) is 8.69. The van der Waals surface area contributed by atoms with Crippen LogP contribution in [-0.4, -0.2) is 88.7 Å². The molecular weight excluding hydrogens is 662 g/mol. The van der Waals surface area contributed by atoms with E-state index in [9.17, 15) is 19.2 Å². The van der Waals surface area contributed by atoms with Gasteiger partial charge < -0.3 is 24.3 Å². The zero-order valence-corrected chi connectivity index (χ0v) is 30.1. The normalized spacial score (nSPS) is 19.1. The average Bonchev–Trinajstić information content (AvgIpc) is 3.66. The Hall–Kier alpha value is -5.17. The summed E-state index contributed by atoms with van der Waals surface area (Å²) in [5.41, 5.74) is 5.14. The number of nitrogens with zero attached hydrogens (tertiary/aromatic N) is 4. The van der Waals surface area contributed by atoms with Crippen molar-refractivity contribution in [2.24, 2.45) is 13.0 Å². The summed E-state index contributed by atoms with van der Waals surface area (Å²) >= 11 is 0. The van der Waals surface area contributed by atoms with E-state index in [1.54, 1.807) is 32.0 Å². The Labute approximate surface area is 302 Å². The summed E-state index contributed by atoms with van der Waals surface area (Å²) in [6.45, 7) is 3.97. The van der Waals surface area contributed by atoms with Crippen LogP contribution in [0.4, 0.5) is 5.69 Å². The molecule has 3 N–H and O–H groups in total. The van der Waals surface area contributed by atoms with Crippen LogP contribution in [-0.2, 0) is 28.0 Å². The second-order valence-corrected chi connectivity index (χ2v) is 14.3. The van der Waals surface area contributed by atoms with Gasteiger partial charge in [0.1, 0.15) is 23.1 Å². The molecule has 5 heterocycles. The molecule has 3 aliphatic rings. The maximum Gasteiger partial charge on any atom is 0.276 e. The first-order valence-electron chi connectivity index (χ1n) is 18.2. The number of hydrogen-bond acceptors (Lipinski definition) is 9. The molecule has 1 unspecified atom stereocenters. The van der Waals surface area contributed by atoms with Gasteiger partial charge in [-0.25, -0.2) is 0 Å². The molecule has 2 aromatic heterocycles. The van der Waals surface area contributed by atoms with Gasteiger partial charge in [0.15, 0.2) is 0 Å². The first kappa shape index (κ1) is 35.2. The van der Waals surface area contributed by atoms with Crippen LogP contribution in [0.5, 0.6) is 11.5 Å². The molecule has 52 heavy (non-hydrogen) atoms. The number of pyridine rings is 1. The molecule has 13 nitrogen and oxygen atoms in total. The Balaban J connectivity index is 0.899. The number of aromatic amines is 1. The Bertz CT molecular complexity index is 1980. The average molecular weight is 710 g/mol. The molecule has 1 atom stereocenters. The van der Waals surface area contributed by atoms with E-state index in [4.69, 9.17) is 9.47 Å². The van der Waals surface area contributed by atoms with Crippen LogP contribution in [0.15, 0.2) is 53.6 Å². The molecule has 274 valence electrons. The number of imide groups is 1. The number of H-pyrrole nitrogens is 1. The van der Waals surface area contributed by atoms with Crippen molar-refractivity contribution < 1.29 is 23.9 Å². The number of carbonyl (C=O) groups excluding carboxylic acids is 3. The molecule has 3 saturated heterocycles. The van der Waals surface area contributed by atoms with E-state index < -0.39 is 6.04 Å². The second-order valence-electron chi connectivity index (χ2n) is 14.3. The fourth-order valence-corrected chi connectivity index (χ4v) is 7.97. The smallest absolute Gasteiger partial charge is 0.276 e. The number of piperidine rings is 3. The predicted molar refractivity (Wildman–Crippen MR) is 197 cm³/mol. The number of aromatic nitrogens is 3. The van der Waals surface area contributed by atoms with Crippen molar-refractivity contribution in [2.45, 2.75) is 63.5 Å². The van der Waals surface area contributed by atoms with Crippen LogP contribution in [0.2, 0.25) is 0 Å². The second kappa shape index (κ2) is 15.2. The first-order chi connectivity index (χ1) is 25.2. The summed E-state index contributed by atoms with van der Waals surface area (Å²) in [5.74, 6) is 1.96. The quantitative estimate of drug-likeness (QED) is 0.206. The summed E-state index contributed by atoms with van der Waals surface area (Å²) in [6, 6.07) is 11.8. The molecule has 0 saturated carbocycles. The third-order valence-corrected chi connectivity index (χ3v) is 11.1. The summed E-state index contributed by atoms with van der Waals surface area (Å²) in [7, 11) is 5.05. The largest absolute Gasteiger partial charge is 0.496 e. The van der Waals surface area contributed by atoms with E-state index in [1.165, 1.54) is 5.56 Å². The highest BCUT2D eigenvalue weighted by molar-refractivity contribution is 6.01. The molecule has 0 spiro atoms. The van der Waals surface area contributed by atoms with Gasteiger partial charge in [0.25, 0.3) is 5.56 Å². The van der Waals surface area contributed by atoms with Crippen LogP contribution in [0, 0.1) is 5.92 Å². The third kappa shape index (κ3) is 7.41. The van der Waals surface area contributed by atoms with Crippen molar-refractivity contribution in [1.82, 2.24) is 29.9 Å². The minimum absolute atomic E-state index is 0.135. The Kier molecular flexibility index (Phi) is 10.3. The van der Waals surface area contributed by atoms with Gasteiger partial charge in [-0.05, 0) is 92.4 Å². The number of anilines is 1. The van der Waals surface area contributed by atoms with Crippen molar-refractivity contribution in [1.29, 1.82) is 0 Å². The van der Waals surface area contributed by atoms with E-state index in [2.05, 4.69) is 37.9 Å². The number of nitrogens with one attached hydrogen (secondary N) is 3. The number of fused-ring (bicyclic) bond motifs is 1. The fourth-order valence-electron chi connectivity index (χ4n) is 7.97. The van der Waals surface area contributed by atoms with Gasteiger partial charge in [-0.3, -0.25) is 34.5 Å². The summed E-state index contributed by atoms with van der Waals surface area (Å²) in [5, 5.41) is 13.3. The van der Waals surface area contributed by atoms with E-state index in [1.807, 2.05) is 35.4 Å². The Morgan fingerprint density at radius 3 is 2.29 bits per heavy atom. The van der Waals surface area contributed by atoms with Crippen molar-refractivity contribution in [3.63, 3.8) is 0 Å². The monoisotopic (exact) mass is 709 g/mol. The predicted octanol–water partition coefficient (Wildman–Crippen LogP) is 4.17. The van der Waals surface area contributed by atoms with Crippen molar-refractivity contribution >= 4 is 34.3 Å². The van der Waals surface area contributed by atoms with Gasteiger partial charge in [-0.1, -0.05) is 12.1 Å². The van der Waals surface area contributed by atoms with Crippen LogP contribution >= 0.6 is 0 Å². The molecule has 0 aliphatic carbocycles. The highest BCUT2D eigenvalue weighted by Crippen LogP contribution is 2.38. The lowest BCUT2D eigenvalue weighted by molar-refractivity contribution is -0.134. The molecule has 3 aliphatic heterocycles. The van der Waals surface area contributed by atoms with Gasteiger partial charge in [0.05, 0.1) is 26.0 Å². The lowest BCUT2D eigenvalue weighted by atomic mass is 9.88. The SMILES string of the molecule is COc1cc(-c2cn(C)c(=O)c3[nH]ncc23)cc(OC)c1CN1CCC(CC(=O)N2CCC(c3ccc(NC4CCC(=O)NC4=O)cc3)CC2)CC1. The first-order valence-corrected chi connectivity index (χ1v) is 18.2. The molecule has 2 aromatic carbocycles. The van der Waals surface area contributed by atoms with Gasteiger partial charge >= 0.3 is 0 Å². The van der Waals surface area contributed by atoms with Gasteiger partial charge in [-0.15, -0.1) is 0 Å². The number of benzene rings is 2. The van der Waals surface area contributed by atoms with Crippen LogP contribution in [0.1, 0.15) is 62.0 Å². The molecule has 3 fully saturated rings. The van der Waals surface area contributed by atoms with Crippen molar-refractivity contribution in [3.8, 4) is 22.6 Å². The molecule has 3 amide bonds. The lowest BCUT2D eigenvalue weighted by Gasteiger charge is -2.35. The number of carbonyl (C=O) groups is 3. The number of hydrogen-bond donors (Lipinski definition) is 3. The van der Waals surface area contributed by atoms with Crippen LogP contribution < -0.4 is 25.7 Å². The van der Waals surface area contributed by atoms with Crippen molar-refractivity contribution in [2.75, 3.05) is 45.7 Å². The lowest BCUT2D eigenvalue weighted by Crippen LogP contribution is -2.47. The third-order valence-electron chi connectivity index (χ3n) is 11.1. The van der Waals surface area contributed by atoms with Crippen molar-refractivity contribution in [3.05, 3.63) is 70.3 Å². The van der Waals surface area contributed by atoms with Gasteiger partial charge in [0, 0.05) is 62.4 Å². The van der Waals surface area contributed by atoms with Gasteiger partial charge in [-0.2, -0.15) is 5.10 Å². The van der Waals surface area contributed by atoms with E-state index >= 15 is 0 Å². The highest BCUT2D eigenvalue weighted by atomic mass is 16.5. The maximum atomic E-state index is 13.4. The minimum Gasteiger partial charge on any atom is -0.496 e. The zero-order chi connectivity index (χ0) is 36.4. The van der Waals surface area contributed by atoms with E-state index in [0.29, 0.717) is 43.2 Å². The molecule has 0 radical (unpaired) electrons. The minimum atomic E-state index is -0.398. The molecular formula is C39H47N7O6. The Morgan fingerprint density at radius 2 is 1.63 bits per heavy atom. The summed E-state index contributed by atoms with van der Waals surface area (Å²) < 4.78 is 13.3. The topological polar surface area (TPSA) is 151 Å². The number of amides is 3. The number of aryl methyl sites for hydroxylation is 1. The highest BCUT2D eigenvalue weighted by Gasteiger charge is 2.29. The molecule has 13 heteroatoms. The fraction of sp³-hybridized carbons (Fsp3) is 0.462. The molecule has 0 bridgehead atoms. The summed E-state index contributed by atoms with van der Waals surface area (Å²) in [4.78, 5) is 53.9. The number of ether oxygens (including phenoxy) is 2. The van der Waals surface area contributed by atoms with Crippen LogP contribution in [0.3, 0.4) is 0 Å². The number of methoxy groups -OCH3 is 2. The van der Waals surface area contributed by atoms with E-state index in [0.717, 1.165) is 91.1 Å².